The van der Waals surface area contributed by atoms with E-state index in [0.29, 0.717) is 6.42 Å². The van der Waals surface area contributed by atoms with Crippen LogP contribution < -0.4 is 0 Å². The summed E-state index contributed by atoms with van der Waals surface area (Å²) < 4.78 is 0. The molecular weight excluding hydrogens is 192 g/mol. The molecule has 0 aromatic heterocycles. The first-order valence-corrected chi connectivity index (χ1v) is 5.54. The maximum absolute atomic E-state index is 11.8. The maximum Gasteiger partial charge on any atom is 0.314 e. The molecule has 0 aliphatic heterocycles. The monoisotopic (exact) mass is 210 g/mol. The smallest absolute Gasteiger partial charge is 0.314 e. The van der Waals surface area contributed by atoms with Gasteiger partial charge in [0.15, 0.2) is 0 Å². The molecule has 0 saturated heterocycles. The van der Waals surface area contributed by atoms with Crippen molar-refractivity contribution < 1.29 is 14.7 Å². The van der Waals surface area contributed by atoms with Crippen molar-refractivity contribution in [3.05, 3.63) is 12.7 Å². The van der Waals surface area contributed by atoms with Crippen LogP contribution in [-0.2, 0) is 9.59 Å². The molecule has 3 nitrogen and oxygen atoms in total. The molecule has 2 unspecified atom stereocenters. The minimum absolute atomic E-state index is 0.0280. The molecule has 1 rings (SSSR count). The van der Waals surface area contributed by atoms with Crippen LogP contribution in [0.3, 0.4) is 0 Å². The number of Topliss-reactive ketones (excluding diaryl/α,β-unsaturated/α-hetero) is 1. The van der Waals surface area contributed by atoms with Crippen LogP contribution in [0.2, 0.25) is 0 Å². The third-order valence-electron chi connectivity index (χ3n) is 3.05. The quantitative estimate of drug-likeness (QED) is 0.430. The summed E-state index contributed by atoms with van der Waals surface area (Å²) in [5.74, 6) is -1.78. The molecule has 1 N–H and O–H groups in total. The molecule has 0 aromatic rings. The van der Waals surface area contributed by atoms with Gasteiger partial charge in [0, 0.05) is 5.92 Å². The second-order valence-corrected chi connectivity index (χ2v) is 4.14. The number of carbonyl (C=O) groups is 2. The number of hydrogen-bond acceptors (Lipinski definition) is 2. The van der Waals surface area contributed by atoms with E-state index in [-0.39, 0.29) is 11.7 Å². The van der Waals surface area contributed by atoms with Gasteiger partial charge in [0.25, 0.3) is 0 Å². The van der Waals surface area contributed by atoms with E-state index in [2.05, 4.69) is 6.58 Å². The van der Waals surface area contributed by atoms with Crippen molar-refractivity contribution in [2.45, 2.75) is 38.5 Å². The van der Waals surface area contributed by atoms with Gasteiger partial charge in [0.2, 0.25) is 0 Å². The molecule has 84 valence electrons. The minimum atomic E-state index is -0.951. The van der Waals surface area contributed by atoms with E-state index < -0.39 is 11.9 Å². The lowest BCUT2D eigenvalue weighted by atomic mass is 9.78. The number of allylic oxidation sites excluding steroid dienone is 1. The third-order valence-corrected chi connectivity index (χ3v) is 3.05. The fourth-order valence-corrected chi connectivity index (χ4v) is 2.18. The lowest BCUT2D eigenvalue weighted by Crippen LogP contribution is -2.33. The number of hydrogen-bond donors (Lipinski definition) is 1. The Bertz CT molecular complexity index is 258. The summed E-state index contributed by atoms with van der Waals surface area (Å²) in [5.41, 5.74) is 0. The Hall–Kier alpha value is -1.12. The van der Waals surface area contributed by atoms with E-state index in [1.807, 2.05) is 6.08 Å². The zero-order valence-corrected chi connectivity index (χ0v) is 8.95. The standard InChI is InChI=1S/C12H18O3/c1-2-3-4-6-9-7-5-8-10(11(9)13)12(14)15/h2,9-10H,1,3-8H2,(H,14,15). The normalized spacial score (nSPS) is 26.3. The van der Waals surface area contributed by atoms with Crippen LogP contribution in [0.1, 0.15) is 38.5 Å². The average Bonchev–Trinajstić information content (AvgIpc) is 2.20. The van der Waals surface area contributed by atoms with Crippen LogP contribution >= 0.6 is 0 Å². The molecule has 0 bridgehead atoms. The van der Waals surface area contributed by atoms with Gasteiger partial charge in [-0.05, 0) is 32.1 Å². The van der Waals surface area contributed by atoms with E-state index in [1.54, 1.807) is 0 Å². The Labute approximate surface area is 90.2 Å². The number of aliphatic carboxylic acids is 1. The lowest BCUT2D eigenvalue weighted by molar-refractivity contribution is -0.149. The van der Waals surface area contributed by atoms with Gasteiger partial charge in [-0.3, -0.25) is 9.59 Å². The van der Waals surface area contributed by atoms with Gasteiger partial charge >= 0.3 is 5.97 Å². The van der Waals surface area contributed by atoms with Crippen molar-refractivity contribution in [2.75, 3.05) is 0 Å². The first-order chi connectivity index (χ1) is 7.16. The van der Waals surface area contributed by atoms with Gasteiger partial charge < -0.3 is 5.11 Å². The van der Waals surface area contributed by atoms with E-state index in [1.165, 1.54) is 0 Å². The molecular formula is C12H18O3. The molecule has 0 amide bonds. The Balaban J connectivity index is 2.47. The molecule has 1 saturated carbocycles. The van der Waals surface area contributed by atoms with Crippen LogP contribution in [0.15, 0.2) is 12.7 Å². The highest BCUT2D eigenvalue weighted by atomic mass is 16.4. The molecule has 0 radical (unpaired) electrons. The fourth-order valence-electron chi connectivity index (χ4n) is 2.18. The average molecular weight is 210 g/mol. The molecule has 1 fully saturated rings. The SMILES string of the molecule is C=CCCCC1CCCC(C(=O)O)C1=O. The topological polar surface area (TPSA) is 54.4 Å². The van der Waals surface area contributed by atoms with Gasteiger partial charge in [-0.25, -0.2) is 0 Å². The number of ketones is 1. The van der Waals surface area contributed by atoms with Crippen LogP contribution in [0.25, 0.3) is 0 Å². The van der Waals surface area contributed by atoms with Gasteiger partial charge in [-0.1, -0.05) is 12.5 Å². The van der Waals surface area contributed by atoms with Gasteiger partial charge in [0.05, 0.1) is 0 Å². The summed E-state index contributed by atoms with van der Waals surface area (Å²) >= 11 is 0. The molecule has 2 atom stereocenters. The van der Waals surface area contributed by atoms with Gasteiger partial charge in [-0.15, -0.1) is 6.58 Å². The fraction of sp³-hybridized carbons (Fsp3) is 0.667. The van der Waals surface area contributed by atoms with Crippen LogP contribution in [0, 0.1) is 11.8 Å². The Kier molecular flexibility index (Phi) is 4.53. The van der Waals surface area contributed by atoms with Gasteiger partial charge in [0.1, 0.15) is 11.7 Å². The number of rotatable bonds is 5. The van der Waals surface area contributed by atoms with Crippen LogP contribution in [-0.4, -0.2) is 16.9 Å². The predicted molar refractivity (Wildman–Crippen MR) is 57.5 cm³/mol. The number of carbonyl (C=O) groups excluding carboxylic acids is 1. The molecule has 0 aromatic carbocycles. The molecule has 0 heterocycles. The molecule has 3 heteroatoms. The first-order valence-electron chi connectivity index (χ1n) is 5.54. The lowest BCUT2D eigenvalue weighted by Gasteiger charge is -2.25. The summed E-state index contributed by atoms with van der Waals surface area (Å²) in [6.45, 7) is 3.63. The van der Waals surface area contributed by atoms with E-state index in [9.17, 15) is 9.59 Å². The summed E-state index contributed by atoms with van der Waals surface area (Å²) in [4.78, 5) is 22.6. The zero-order valence-electron chi connectivity index (χ0n) is 8.95. The van der Waals surface area contributed by atoms with Crippen molar-refractivity contribution in [2.24, 2.45) is 11.8 Å². The largest absolute Gasteiger partial charge is 0.481 e. The number of carboxylic acids is 1. The summed E-state index contributed by atoms with van der Waals surface area (Å²) in [6, 6.07) is 0. The Morgan fingerprint density at radius 3 is 2.87 bits per heavy atom. The van der Waals surface area contributed by atoms with Crippen LogP contribution in [0.5, 0.6) is 0 Å². The number of carboxylic acid groups (broad SMARTS) is 1. The van der Waals surface area contributed by atoms with Crippen LogP contribution in [0.4, 0.5) is 0 Å². The summed E-state index contributed by atoms with van der Waals surface area (Å²) in [7, 11) is 0. The molecule has 1 aliphatic rings. The highest BCUT2D eigenvalue weighted by Gasteiger charge is 2.34. The molecule has 15 heavy (non-hydrogen) atoms. The highest BCUT2D eigenvalue weighted by molar-refractivity contribution is 5.99. The highest BCUT2D eigenvalue weighted by Crippen LogP contribution is 2.29. The predicted octanol–water partition coefficient (Wildman–Crippen LogP) is 2.41. The van der Waals surface area contributed by atoms with E-state index in [0.717, 1.165) is 32.1 Å². The summed E-state index contributed by atoms with van der Waals surface area (Å²) in [6.07, 6.45) is 6.73. The maximum atomic E-state index is 11.8. The second kappa shape index (κ2) is 5.69. The van der Waals surface area contributed by atoms with Crippen molar-refractivity contribution in [3.8, 4) is 0 Å². The van der Waals surface area contributed by atoms with E-state index in [4.69, 9.17) is 5.11 Å². The number of unbranched alkanes of at least 4 members (excludes halogenated alkanes) is 1. The molecule has 1 aliphatic carbocycles. The minimum Gasteiger partial charge on any atom is -0.481 e. The van der Waals surface area contributed by atoms with Crippen molar-refractivity contribution in [1.29, 1.82) is 0 Å². The summed E-state index contributed by atoms with van der Waals surface area (Å²) in [5, 5.41) is 8.86. The van der Waals surface area contributed by atoms with Crippen molar-refractivity contribution >= 4 is 11.8 Å². The van der Waals surface area contributed by atoms with Crippen molar-refractivity contribution in [3.63, 3.8) is 0 Å². The van der Waals surface area contributed by atoms with Crippen molar-refractivity contribution in [1.82, 2.24) is 0 Å². The Morgan fingerprint density at radius 1 is 1.53 bits per heavy atom. The molecule has 0 spiro atoms. The Morgan fingerprint density at radius 2 is 2.27 bits per heavy atom. The van der Waals surface area contributed by atoms with Gasteiger partial charge in [-0.2, -0.15) is 0 Å². The second-order valence-electron chi connectivity index (χ2n) is 4.14. The first kappa shape index (κ1) is 12.0. The zero-order chi connectivity index (χ0) is 11.3. The third kappa shape index (κ3) is 3.18. The van der Waals surface area contributed by atoms with E-state index >= 15 is 0 Å².